The van der Waals surface area contributed by atoms with Gasteiger partial charge in [-0.3, -0.25) is 4.98 Å². The van der Waals surface area contributed by atoms with Crippen molar-refractivity contribution < 1.29 is 48.6 Å². The highest BCUT2D eigenvalue weighted by molar-refractivity contribution is 7.79. The van der Waals surface area contributed by atoms with E-state index in [0.717, 1.165) is 35.4 Å². The van der Waals surface area contributed by atoms with Gasteiger partial charge in [0.2, 0.25) is 0 Å². The first kappa shape index (κ1) is 24.5. The molecule has 33 heavy (non-hydrogen) atoms. The summed E-state index contributed by atoms with van der Waals surface area (Å²) in [4.78, 5) is 6.64. The van der Waals surface area contributed by atoms with Crippen molar-refractivity contribution in [3.05, 3.63) is 48.7 Å². The zero-order chi connectivity index (χ0) is 24.6. The van der Waals surface area contributed by atoms with Gasteiger partial charge in [-0.05, 0) is 30.3 Å². The van der Waals surface area contributed by atoms with Crippen molar-refractivity contribution in [1.82, 2.24) is 19.7 Å². The minimum absolute atomic E-state index is 0.00320. The number of halogens is 8. The van der Waals surface area contributed by atoms with Crippen LogP contribution in [-0.2, 0) is 17.3 Å². The summed E-state index contributed by atoms with van der Waals surface area (Å²) >= 11 is -2.65. The summed E-state index contributed by atoms with van der Waals surface area (Å²) in [7, 11) is 0. The number of ether oxygens (including phenoxy) is 1. The van der Waals surface area contributed by atoms with E-state index in [1.807, 2.05) is 0 Å². The first-order chi connectivity index (χ1) is 15.2. The molecule has 0 aliphatic heterocycles. The molecule has 0 saturated carbocycles. The maximum atomic E-state index is 12.9. The van der Waals surface area contributed by atoms with Crippen LogP contribution in [0.25, 0.3) is 16.9 Å². The number of nitrogens with zero attached hydrogens (tertiary/aromatic N) is 4. The van der Waals surface area contributed by atoms with E-state index in [1.165, 1.54) is 12.1 Å². The molecule has 1 aromatic carbocycles. The molecule has 2 heterocycles. The molecule has 3 aromatic rings. The lowest BCUT2D eigenvalue weighted by atomic mass is 10.1. The second-order valence-corrected chi connectivity index (χ2v) is 7.25. The van der Waals surface area contributed by atoms with Crippen LogP contribution in [0.5, 0.6) is 5.75 Å². The van der Waals surface area contributed by atoms with Crippen LogP contribution in [0.2, 0.25) is 0 Å². The van der Waals surface area contributed by atoms with Crippen molar-refractivity contribution in [1.29, 1.82) is 0 Å². The lowest BCUT2D eigenvalue weighted by Crippen LogP contribution is -2.41. The van der Waals surface area contributed by atoms with E-state index in [1.54, 1.807) is 0 Å². The van der Waals surface area contributed by atoms with Gasteiger partial charge in [-0.15, -0.1) is 5.10 Å². The molecule has 3 rings (SSSR count). The molecular formula is C17H10F8N4O3S. The first-order valence-electron chi connectivity index (χ1n) is 8.47. The van der Waals surface area contributed by atoms with Crippen LogP contribution in [0.1, 0.15) is 5.82 Å². The van der Waals surface area contributed by atoms with E-state index in [-0.39, 0.29) is 21.8 Å². The van der Waals surface area contributed by atoms with E-state index in [2.05, 4.69) is 19.8 Å². The van der Waals surface area contributed by atoms with Crippen LogP contribution in [0.15, 0.2) is 47.8 Å². The van der Waals surface area contributed by atoms with E-state index in [4.69, 9.17) is 0 Å². The molecule has 2 aromatic heterocycles. The van der Waals surface area contributed by atoms with Gasteiger partial charge in [0.05, 0.1) is 22.5 Å². The Morgan fingerprint density at radius 1 is 1.00 bits per heavy atom. The number of hydrogen-bond acceptors (Lipinski definition) is 5. The maximum Gasteiger partial charge on any atom is 0.456 e. The predicted octanol–water partition coefficient (Wildman–Crippen LogP) is 4.51. The zero-order valence-electron chi connectivity index (χ0n) is 15.7. The van der Waals surface area contributed by atoms with E-state index < -0.39 is 47.5 Å². The number of benzene rings is 1. The third-order valence-corrected chi connectivity index (χ3v) is 4.72. The lowest BCUT2D eigenvalue weighted by Gasteiger charge is -2.19. The average molecular weight is 502 g/mol. The van der Waals surface area contributed by atoms with Crippen LogP contribution in [0.3, 0.4) is 0 Å². The Hall–Kier alpha value is -3.14. The molecule has 0 fully saturated rings. The Labute approximate surface area is 181 Å². The molecule has 0 amide bonds. The number of aromatic nitrogens is 4. The molecule has 0 spiro atoms. The van der Waals surface area contributed by atoms with Gasteiger partial charge in [0.1, 0.15) is 12.1 Å². The highest BCUT2D eigenvalue weighted by atomic mass is 32.2. The minimum atomic E-state index is -5.80. The SMILES string of the molecule is O=S(O)c1cc(-n2cnc(C(F)(F)F)n2)ccc1-c1ccc(OCC(F)(F)C(F)(F)F)cn1. The monoisotopic (exact) mass is 502 g/mol. The Morgan fingerprint density at radius 3 is 2.21 bits per heavy atom. The standard InChI is InChI=1S/C17H10F8N4O3S/c18-15(19,17(23,24)25)7-32-10-2-4-12(26-6-10)11-3-1-9(5-13(11)33(30)31)29-8-27-14(28-29)16(20,21)22/h1-6,8H,7H2,(H,30,31). The summed E-state index contributed by atoms with van der Waals surface area (Å²) < 4.78 is 127. The van der Waals surface area contributed by atoms with Gasteiger partial charge in [0, 0.05) is 5.56 Å². The van der Waals surface area contributed by atoms with Crippen LogP contribution < -0.4 is 4.74 Å². The third kappa shape index (κ3) is 5.44. The Morgan fingerprint density at radius 2 is 1.70 bits per heavy atom. The summed E-state index contributed by atoms with van der Waals surface area (Å²) in [6.45, 7) is -1.98. The second-order valence-electron chi connectivity index (χ2n) is 6.31. The summed E-state index contributed by atoms with van der Waals surface area (Å²) in [5.74, 6) is -6.93. The Kier molecular flexibility index (Phi) is 6.43. The molecule has 1 unspecified atom stereocenters. The van der Waals surface area contributed by atoms with Crippen molar-refractivity contribution in [2.24, 2.45) is 0 Å². The molecule has 0 aliphatic rings. The van der Waals surface area contributed by atoms with Crippen molar-refractivity contribution in [3.63, 3.8) is 0 Å². The van der Waals surface area contributed by atoms with Crippen LogP contribution >= 0.6 is 0 Å². The van der Waals surface area contributed by atoms with Gasteiger partial charge in [-0.25, -0.2) is 13.9 Å². The fraction of sp³-hybridized carbons (Fsp3) is 0.235. The Balaban J connectivity index is 1.86. The van der Waals surface area contributed by atoms with Crippen molar-refractivity contribution in [2.75, 3.05) is 6.61 Å². The topological polar surface area (TPSA) is 90.1 Å². The summed E-state index contributed by atoms with van der Waals surface area (Å²) in [6.07, 6.45) is -9.02. The molecule has 7 nitrogen and oxygen atoms in total. The van der Waals surface area contributed by atoms with Gasteiger partial charge < -0.3 is 9.29 Å². The number of pyridine rings is 1. The molecule has 0 saturated heterocycles. The fourth-order valence-electron chi connectivity index (χ4n) is 2.41. The second kappa shape index (κ2) is 8.66. The minimum Gasteiger partial charge on any atom is -0.485 e. The number of alkyl halides is 8. The largest absolute Gasteiger partial charge is 0.485 e. The number of hydrogen-bond donors (Lipinski definition) is 1. The van der Waals surface area contributed by atoms with Crippen molar-refractivity contribution in [2.45, 2.75) is 23.2 Å². The smallest absolute Gasteiger partial charge is 0.456 e. The first-order valence-corrected chi connectivity index (χ1v) is 9.57. The molecule has 0 radical (unpaired) electrons. The van der Waals surface area contributed by atoms with Crippen molar-refractivity contribution >= 4 is 11.1 Å². The summed E-state index contributed by atoms with van der Waals surface area (Å²) in [5, 5.41) is 3.25. The molecule has 0 bridgehead atoms. The van der Waals surface area contributed by atoms with E-state index in [0.29, 0.717) is 0 Å². The maximum absolute atomic E-state index is 12.9. The molecule has 1 N–H and O–H groups in total. The van der Waals surface area contributed by atoms with Gasteiger partial charge in [0.25, 0.3) is 5.82 Å². The highest BCUT2D eigenvalue weighted by Crippen LogP contribution is 2.36. The lowest BCUT2D eigenvalue weighted by molar-refractivity contribution is -0.290. The molecule has 178 valence electrons. The Bertz CT molecular complexity index is 1160. The van der Waals surface area contributed by atoms with Gasteiger partial charge in [0.15, 0.2) is 17.7 Å². The summed E-state index contributed by atoms with van der Waals surface area (Å²) in [6, 6.07) is 5.67. The fourth-order valence-corrected chi connectivity index (χ4v) is 2.99. The normalized spacial score (nSPS) is 13.7. The van der Waals surface area contributed by atoms with E-state index in [9.17, 15) is 43.9 Å². The van der Waals surface area contributed by atoms with Gasteiger partial charge >= 0.3 is 18.3 Å². The highest BCUT2D eigenvalue weighted by Gasteiger charge is 2.58. The summed E-state index contributed by atoms with van der Waals surface area (Å²) in [5.41, 5.74) is -0.000136. The van der Waals surface area contributed by atoms with Gasteiger partial charge in [-0.1, -0.05) is 0 Å². The van der Waals surface area contributed by atoms with Crippen LogP contribution in [0.4, 0.5) is 35.1 Å². The zero-order valence-corrected chi connectivity index (χ0v) is 16.5. The van der Waals surface area contributed by atoms with Crippen molar-refractivity contribution in [3.8, 4) is 22.7 Å². The molecular weight excluding hydrogens is 492 g/mol. The average Bonchev–Trinajstić information content (AvgIpc) is 3.22. The van der Waals surface area contributed by atoms with Gasteiger partial charge in [-0.2, -0.15) is 35.1 Å². The van der Waals surface area contributed by atoms with E-state index >= 15 is 0 Å². The van der Waals surface area contributed by atoms with Crippen LogP contribution in [-0.4, -0.2) is 47.2 Å². The molecule has 0 aliphatic carbocycles. The van der Waals surface area contributed by atoms with Crippen LogP contribution in [0, 0.1) is 0 Å². The number of rotatable bonds is 6. The quantitative estimate of drug-likeness (QED) is 0.394. The molecule has 16 heteroatoms. The molecule has 1 atom stereocenters. The predicted molar refractivity (Wildman–Crippen MR) is 95.1 cm³/mol. The third-order valence-electron chi connectivity index (χ3n) is 4.01.